The van der Waals surface area contributed by atoms with Gasteiger partial charge >= 0.3 is 0 Å². The largest absolute Gasteiger partial charge is 0.444 e. The molecule has 1 atom stereocenters. The van der Waals surface area contributed by atoms with Gasteiger partial charge in [0.25, 0.3) is 5.56 Å². The Balaban J connectivity index is 1.61. The zero-order valence-electron chi connectivity index (χ0n) is 22.4. The number of rotatable bonds is 6. The van der Waals surface area contributed by atoms with Crippen LogP contribution in [-0.2, 0) is 16.3 Å². The third-order valence-corrected chi connectivity index (χ3v) is 9.36. The molecule has 40 heavy (non-hydrogen) atoms. The number of hydrogen-bond acceptors (Lipinski definition) is 9. The summed E-state index contributed by atoms with van der Waals surface area (Å²) < 4.78 is 33.2. The Morgan fingerprint density at radius 2 is 2.00 bits per heavy atom. The number of hydrogen-bond donors (Lipinski definition) is 2. The van der Waals surface area contributed by atoms with E-state index in [1.54, 1.807) is 31.3 Å². The van der Waals surface area contributed by atoms with Gasteiger partial charge in [-0.1, -0.05) is 6.92 Å². The summed E-state index contributed by atoms with van der Waals surface area (Å²) in [6.45, 7) is 5.26. The highest BCUT2D eigenvalue weighted by Crippen LogP contribution is 2.34. The van der Waals surface area contributed by atoms with Crippen LogP contribution < -0.4 is 15.8 Å². The van der Waals surface area contributed by atoms with Crippen molar-refractivity contribution in [2.45, 2.75) is 44.1 Å². The second kappa shape index (κ2) is 10.2. The molecule has 1 fully saturated rings. The van der Waals surface area contributed by atoms with E-state index in [9.17, 15) is 18.3 Å². The summed E-state index contributed by atoms with van der Waals surface area (Å²) in [6, 6.07) is 10.9. The lowest BCUT2D eigenvalue weighted by atomic mass is 9.96. The van der Waals surface area contributed by atoms with Crippen molar-refractivity contribution in [3.05, 3.63) is 70.5 Å². The lowest BCUT2D eigenvalue weighted by molar-refractivity contribution is 0.198. The molecule has 0 unspecified atom stereocenters. The van der Waals surface area contributed by atoms with Crippen LogP contribution in [-0.4, -0.2) is 59.8 Å². The van der Waals surface area contributed by atoms with Crippen molar-refractivity contribution in [2.24, 2.45) is 0 Å². The lowest BCUT2D eigenvalue weighted by Crippen LogP contribution is -2.31. The Kier molecular flexibility index (Phi) is 6.71. The van der Waals surface area contributed by atoms with E-state index in [-0.39, 0.29) is 16.3 Å². The highest BCUT2D eigenvalue weighted by molar-refractivity contribution is 7.91. The number of nitrogens with one attached hydrogen (secondary N) is 1. The minimum atomic E-state index is -3.69. The smallest absolute Gasteiger partial charge is 0.295 e. The maximum absolute atomic E-state index is 13.9. The number of nitrogens with zero attached hydrogens (tertiary/aromatic N) is 4. The van der Waals surface area contributed by atoms with Gasteiger partial charge in [-0.15, -0.1) is 0 Å². The second-order valence-corrected chi connectivity index (χ2v) is 12.6. The van der Waals surface area contributed by atoms with Crippen molar-refractivity contribution >= 4 is 21.2 Å². The summed E-state index contributed by atoms with van der Waals surface area (Å²) in [5.74, 6) is 0.493. The summed E-state index contributed by atoms with van der Waals surface area (Å²) in [5.41, 5.74) is 4.97. The Morgan fingerprint density at radius 1 is 1.18 bits per heavy atom. The quantitative estimate of drug-likeness (QED) is 0.363. The maximum Gasteiger partial charge on any atom is 0.295 e. The van der Waals surface area contributed by atoms with Crippen molar-refractivity contribution in [1.29, 1.82) is 0 Å². The monoisotopic (exact) mass is 561 g/mol. The van der Waals surface area contributed by atoms with Gasteiger partial charge < -0.3 is 19.7 Å². The van der Waals surface area contributed by atoms with Gasteiger partial charge in [-0.05, 0) is 68.1 Å². The molecule has 208 valence electrons. The highest BCUT2D eigenvalue weighted by Gasteiger charge is 2.28. The molecule has 0 amide bonds. The van der Waals surface area contributed by atoms with Crippen molar-refractivity contribution in [3.63, 3.8) is 0 Å². The Labute approximate surface area is 232 Å². The fourth-order valence-corrected chi connectivity index (χ4v) is 6.59. The normalized spacial score (nSPS) is 17.1. The van der Waals surface area contributed by atoms with Crippen LogP contribution in [0.15, 0.2) is 63.1 Å². The zero-order valence-corrected chi connectivity index (χ0v) is 23.2. The number of aliphatic hydroxyl groups is 1. The third kappa shape index (κ3) is 4.69. The molecule has 2 N–H and O–H groups in total. The van der Waals surface area contributed by atoms with Crippen LogP contribution in [0, 0.1) is 6.92 Å². The van der Waals surface area contributed by atoms with Crippen LogP contribution in [0.1, 0.15) is 30.9 Å². The standard InChI is InChI=1S/C29H31N5O5S/c1-3-40(37,38)26-7-6-21(33-10-8-22(35)16-33)14-24(26)34-29(36)28-23(5-4-9-31-28)27(32-34)20-12-18(2)11-19(13-20)25-15-30-17-39-25/h6-7,11-15,17,22,31,35H,3-5,8-10,16H2,1-2H3/t22-/m0/s1. The van der Waals surface area contributed by atoms with Gasteiger partial charge in [0.15, 0.2) is 22.0 Å². The summed E-state index contributed by atoms with van der Waals surface area (Å²) in [5, 5.41) is 18.2. The first-order valence-electron chi connectivity index (χ1n) is 13.5. The molecule has 2 aliphatic rings. The predicted molar refractivity (Wildman–Crippen MR) is 153 cm³/mol. The van der Waals surface area contributed by atoms with E-state index in [1.807, 2.05) is 30.0 Å². The predicted octanol–water partition coefficient (Wildman–Crippen LogP) is 3.59. The number of benzene rings is 2. The van der Waals surface area contributed by atoms with E-state index in [2.05, 4.69) is 10.3 Å². The van der Waals surface area contributed by atoms with Crippen molar-refractivity contribution < 1.29 is 17.9 Å². The number of aromatic nitrogens is 3. The topological polar surface area (TPSA) is 131 Å². The van der Waals surface area contributed by atoms with E-state index >= 15 is 0 Å². The van der Waals surface area contributed by atoms with Crippen molar-refractivity contribution in [1.82, 2.24) is 14.8 Å². The Morgan fingerprint density at radius 3 is 2.73 bits per heavy atom. The Bertz CT molecular complexity index is 1750. The fraction of sp³-hybridized carbons (Fsp3) is 0.345. The molecule has 0 spiro atoms. The summed E-state index contributed by atoms with van der Waals surface area (Å²) in [7, 11) is -3.69. The average Bonchev–Trinajstić information content (AvgIpc) is 3.65. The maximum atomic E-state index is 13.9. The van der Waals surface area contributed by atoms with Crippen LogP contribution >= 0.6 is 0 Å². The molecule has 10 nitrogen and oxygen atoms in total. The molecule has 0 radical (unpaired) electrons. The number of aliphatic hydroxyl groups excluding tert-OH is 1. The zero-order chi connectivity index (χ0) is 28.0. The molecule has 0 saturated carbocycles. The van der Waals surface area contributed by atoms with Gasteiger partial charge in [0.1, 0.15) is 5.69 Å². The van der Waals surface area contributed by atoms with Gasteiger partial charge in [-0.3, -0.25) is 4.79 Å². The van der Waals surface area contributed by atoms with Crippen molar-refractivity contribution in [2.75, 3.05) is 35.6 Å². The molecular weight excluding hydrogens is 530 g/mol. The number of anilines is 2. The van der Waals surface area contributed by atoms with Gasteiger partial charge in [0.05, 0.1) is 34.3 Å². The van der Waals surface area contributed by atoms with Gasteiger partial charge in [-0.2, -0.15) is 9.78 Å². The average molecular weight is 562 g/mol. The van der Waals surface area contributed by atoms with E-state index < -0.39 is 21.5 Å². The molecule has 0 aliphatic carbocycles. The van der Waals surface area contributed by atoms with E-state index in [0.29, 0.717) is 49.6 Å². The molecule has 1 saturated heterocycles. The molecule has 6 rings (SSSR count). The summed E-state index contributed by atoms with van der Waals surface area (Å²) >= 11 is 0. The van der Waals surface area contributed by atoms with Crippen LogP contribution in [0.4, 0.5) is 11.4 Å². The lowest BCUT2D eigenvalue weighted by Gasteiger charge is -2.24. The molecule has 2 aliphatic heterocycles. The molecule has 4 aromatic rings. The number of aryl methyl sites for hydroxylation is 1. The van der Waals surface area contributed by atoms with E-state index in [4.69, 9.17) is 9.52 Å². The van der Waals surface area contributed by atoms with Gasteiger partial charge in [0, 0.05) is 42.0 Å². The van der Waals surface area contributed by atoms with Gasteiger partial charge in [0.2, 0.25) is 0 Å². The molecule has 2 aromatic carbocycles. The van der Waals surface area contributed by atoms with Crippen LogP contribution in [0.3, 0.4) is 0 Å². The molecule has 11 heteroatoms. The second-order valence-electron chi connectivity index (χ2n) is 10.3. The van der Waals surface area contributed by atoms with E-state index in [1.165, 1.54) is 11.1 Å². The summed E-state index contributed by atoms with van der Waals surface area (Å²) in [4.78, 5) is 20.0. The highest BCUT2D eigenvalue weighted by atomic mass is 32.2. The minimum absolute atomic E-state index is 0.0430. The number of fused-ring (bicyclic) bond motifs is 1. The number of sulfone groups is 1. The summed E-state index contributed by atoms with van der Waals surface area (Å²) in [6.07, 6.45) is 4.70. The van der Waals surface area contributed by atoms with Gasteiger partial charge in [-0.25, -0.2) is 13.4 Å². The number of β-amino-alcohol motifs (C(OH)–C–C–N with tert-alkyl or cyclic N) is 1. The fourth-order valence-electron chi connectivity index (χ4n) is 5.54. The first-order valence-corrected chi connectivity index (χ1v) is 15.1. The molecule has 4 heterocycles. The number of oxazole rings is 1. The first-order chi connectivity index (χ1) is 19.2. The first kappa shape index (κ1) is 26.3. The molecular formula is C29H31N5O5S. The molecule has 2 aromatic heterocycles. The van der Waals surface area contributed by atoms with Crippen LogP contribution in [0.25, 0.3) is 28.3 Å². The van der Waals surface area contributed by atoms with Crippen molar-refractivity contribution in [3.8, 4) is 28.3 Å². The minimum Gasteiger partial charge on any atom is -0.444 e. The van der Waals surface area contributed by atoms with Crippen LogP contribution in [0.5, 0.6) is 0 Å². The molecule has 0 bridgehead atoms. The third-order valence-electron chi connectivity index (χ3n) is 7.58. The van der Waals surface area contributed by atoms with Crippen LogP contribution in [0.2, 0.25) is 0 Å². The van der Waals surface area contributed by atoms with E-state index in [0.717, 1.165) is 34.4 Å². The SMILES string of the molecule is CCS(=O)(=O)c1ccc(N2CC[C@H](O)C2)cc1-n1nc(-c2cc(C)cc(-c3cnco3)c2)c2c(c1=O)NCCC2. The Hall–Kier alpha value is -3.96.